The lowest BCUT2D eigenvalue weighted by Crippen LogP contribution is -2.16. The van der Waals surface area contributed by atoms with Gasteiger partial charge in [-0.3, -0.25) is 0 Å². The van der Waals surface area contributed by atoms with Crippen LogP contribution in [0.15, 0.2) is 60.7 Å². The summed E-state index contributed by atoms with van der Waals surface area (Å²) in [7, 11) is 0. The van der Waals surface area contributed by atoms with Gasteiger partial charge in [-0.2, -0.15) is 10.5 Å². The Morgan fingerprint density at radius 2 is 0.868 bits per heavy atom. The Morgan fingerprint density at radius 3 is 1.16 bits per heavy atom. The molecule has 38 heavy (non-hydrogen) atoms. The summed E-state index contributed by atoms with van der Waals surface area (Å²) >= 11 is 0. The predicted octanol–water partition coefficient (Wildman–Crippen LogP) is 7.08. The largest absolute Gasteiger partial charge is 0.493 e. The van der Waals surface area contributed by atoms with Crippen LogP contribution in [0, 0.1) is 57.2 Å². The van der Waals surface area contributed by atoms with E-state index in [9.17, 15) is 10.5 Å². The molecule has 4 heteroatoms. The number of ether oxygens (including phenoxy) is 2. The van der Waals surface area contributed by atoms with E-state index in [0.29, 0.717) is 24.3 Å². The third-order valence-electron chi connectivity index (χ3n) is 5.13. The molecule has 0 aliphatic heterocycles. The molecule has 0 saturated heterocycles. The van der Waals surface area contributed by atoms with Crippen molar-refractivity contribution in [2.45, 2.75) is 41.5 Å². The first-order valence-corrected chi connectivity index (χ1v) is 12.4. The summed E-state index contributed by atoms with van der Waals surface area (Å²) in [6.07, 6.45) is 0. The van der Waals surface area contributed by atoms with Gasteiger partial charge >= 0.3 is 0 Å². The number of nitriles is 2. The Hall–Kier alpha value is -4.64. The van der Waals surface area contributed by atoms with Gasteiger partial charge in [-0.1, -0.05) is 65.2 Å². The van der Waals surface area contributed by atoms with Crippen LogP contribution in [-0.2, 0) is 0 Å². The first-order chi connectivity index (χ1) is 18.0. The molecular formula is C34H32N2O2. The van der Waals surface area contributed by atoms with Crippen LogP contribution in [0.3, 0.4) is 0 Å². The molecule has 0 aromatic heterocycles. The van der Waals surface area contributed by atoms with Crippen molar-refractivity contribution in [3.8, 4) is 47.3 Å². The molecule has 3 aromatic carbocycles. The Kier molecular flexibility index (Phi) is 8.87. The zero-order valence-corrected chi connectivity index (χ0v) is 22.9. The van der Waals surface area contributed by atoms with Crippen LogP contribution in [-0.4, -0.2) is 13.2 Å². The minimum absolute atomic E-state index is 0.0754. The second kappa shape index (κ2) is 12.1. The van der Waals surface area contributed by atoms with Gasteiger partial charge in [0, 0.05) is 22.3 Å². The highest BCUT2D eigenvalue weighted by Gasteiger charge is 2.12. The normalized spacial score (nSPS) is 10.6. The van der Waals surface area contributed by atoms with Gasteiger partial charge in [-0.15, -0.1) is 0 Å². The lowest BCUT2D eigenvalue weighted by molar-refractivity contribution is 0.198. The van der Waals surface area contributed by atoms with Gasteiger partial charge in [-0.25, -0.2) is 0 Å². The van der Waals surface area contributed by atoms with Crippen LogP contribution in [0.2, 0.25) is 0 Å². The van der Waals surface area contributed by atoms with E-state index in [1.54, 1.807) is 12.1 Å². The van der Waals surface area contributed by atoms with Crippen molar-refractivity contribution in [3.63, 3.8) is 0 Å². The second-order valence-corrected chi connectivity index (χ2v) is 11.4. The molecule has 0 atom stereocenters. The number of hydrogen-bond acceptors (Lipinski definition) is 4. The Labute approximate surface area is 226 Å². The van der Waals surface area contributed by atoms with Crippen LogP contribution in [0.4, 0.5) is 0 Å². The molecule has 4 nitrogen and oxygen atoms in total. The fraction of sp³-hybridized carbons (Fsp3) is 0.294. The van der Waals surface area contributed by atoms with E-state index in [1.165, 1.54) is 0 Å². The van der Waals surface area contributed by atoms with E-state index >= 15 is 0 Å². The number of benzene rings is 3. The molecule has 0 saturated carbocycles. The average molecular weight is 501 g/mol. The van der Waals surface area contributed by atoms with Crippen molar-refractivity contribution >= 4 is 0 Å². The van der Waals surface area contributed by atoms with E-state index in [2.05, 4.69) is 77.4 Å². The monoisotopic (exact) mass is 500 g/mol. The van der Waals surface area contributed by atoms with Gasteiger partial charge in [0.2, 0.25) is 0 Å². The topological polar surface area (TPSA) is 66.0 Å². The van der Waals surface area contributed by atoms with Gasteiger partial charge in [0.15, 0.2) is 0 Å². The maximum atomic E-state index is 9.51. The Balaban J connectivity index is 1.87. The molecule has 0 aliphatic rings. The van der Waals surface area contributed by atoms with Crippen LogP contribution in [0.25, 0.3) is 0 Å². The minimum Gasteiger partial charge on any atom is -0.493 e. The Bertz CT molecular complexity index is 1360. The van der Waals surface area contributed by atoms with E-state index < -0.39 is 0 Å². The molecule has 0 bridgehead atoms. The predicted molar refractivity (Wildman–Crippen MR) is 151 cm³/mol. The van der Waals surface area contributed by atoms with Gasteiger partial charge in [-0.05, 0) is 71.5 Å². The van der Waals surface area contributed by atoms with E-state index in [4.69, 9.17) is 9.47 Å². The third-order valence-corrected chi connectivity index (χ3v) is 5.13. The van der Waals surface area contributed by atoms with Crippen molar-refractivity contribution in [2.75, 3.05) is 13.2 Å². The fourth-order valence-electron chi connectivity index (χ4n) is 3.14. The van der Waals surface area contributed by atoms with E-state index in [0.717, 1.165) is 22.6 Å². The fourth-order valence-corrected chi connectivity index (χ4v) is 3.14. The summed E-state index contributed by atoms with van der Waals surface area (Å²) in [5.41, 5.74) is 3.49. The van der Waals surface area contributed by atoms with E-state index in [1.807, 2.05) is 48.5 Å². The zero-order valence-electron chi connectivity index (χ0n) is 22.9. The summed E-state index contributed by atoms with van der Waals surface area (Å²) in [5.74, 6) is 14.1. The first kappa shape index (κ1) is 27.9. The molecular weight excluding hydrogens is 468 g/mol. The smallest absolute Gasteiger partial charge is 0.119 e. The van der Waals surface area contributed by atoms with Gasteiger partial charge in [0.1, 0.15) is 23.6 Å². The molecule has 0 spiro atoms. The molecule has 3 aromatic rings. The van der Waals surface area contributed by atoms with Gasteiger partial charge < -0.3 is 9.47 Å². The van der Waals surface area contributed by atoms with Crippen molar-refractivity contribution in [3.05, 3.63) is 94.0 Å². The number of hydrogen-bond donors (Lipinski definition) is 0. The average Bonchev–Trinajstić information content (AvgIpc) is 2.88. The molecule has 0 heterocycles. The maximum Gasteiger partial charge on any atom is 0.119 e. The summed E-state index contributed by atoms with van der Waals surface area (Å²) < 4.78 is 11.7. The molecule has 3 rings (SSSR count). The highest BCUT2D eigenvalue weighted by molar-refractivity contribution is 5.61. The number of nitrogens with zero attached hydrogens (tertiary/aromatic N) is 2. The molecule has 0 radical (unpaired) electrons. The van der Waals surface area contributed by atoms with Crippen molar-refractivity contribution in [1.29, 1.82) is 10.5 Å². The second-order valence-electron chi connectivity index (χ2n) is 11.4. The highest BCUT2D eigenvalue weighted by Crippen LogP contribution is 2.20. The molecule has 0 aliphatic carbocycles. The minimum atomic E-state index is 0.0754. The number of rotatable bonds is 4. The molecule has 0 N–H and O–H groups in total. The van der Waals surface area contributed by atoms with E-state index in [-0.39, 0.29) is 22.0 Å². The lowest BCUT2D eigenvalue weighted by Gasteiger charge is -2.18. The van der Waals surface area contributed by atoms with Crippen LogP contribution < -0.4 is 9.47 Å². The van der Waals surface area contributed by atoms with Crippen molar-refractivity contribution in [2.24, 2.45) is 10.8 Å². The molecule has 0 fully saturated rings. The summed E-state index contributed by atoms with van der Waals surface area (Å²) in [5, 5.41) is 19.0. The Morgan fingerprint density at radius 1 is 0.526 bits per heavy atom. The molecule has 0 amide bonds. The zero-order chi connectivity index (χ0) is 27.8. The summed E-state index contributed by atoms with van der Waals surface area (Å²) in [4.78, 5) is 0. The maximum absolute atomic E-state index is 9.51. The van der Waals surface area contributed by atoms with Crippen LogP contribution in [0.1, 0.15) is 74.9 Å². The SMILES string of the molecule is CC(C)(C)COc1ccc(C#Cc2cc(C#N)c(C#N)cc2C#Cc2ccc(OCC(C)(C)C)cc2)cc1. The molecule has 0 unspecified atom stereocenters. The first-order valence-electron chi connectivity index (χ1n) is 12.4. The summed E-state index contributed by atoms with van der Waals surface area (Å²) in [6, 6.07) is 22.6. The van der Waals surface area contributed by atoms with Crippen molar-refractivity contribution in [1.82, 2.24) is 0 Å². The lowest BCUT2D eigenvalue weighted by atomic mass is 9.98. The van der Waals surface area contributed by atoms with Crippen LogP contribution in [0.5, 0.6) is 11.5 Å². The highest BCUT2D eigenvalue weighted by atomic mass is 16.5. The van der Waals surface area contributed by atoms with Gasteiger partial charge in [0.25, 0.3) is 0 Å². The molecule has 190 valence electrons. The van der Waals surface area contributed by atoms with Crippen molar-refractivity contribution < 1.29 is 9.47 Å². The van der Waals surface area contributed by atoms with Gasteiger partial charge in [0.05, 0.1) is 24.3 Å². The quantitative estimate of drug-likeness (QED) is 0.359. The standard InChI is InChI=1S/C34H32N2O2/c1-33(2,3)23-37-31-15-9-25(10-16-31)7-13-27-19-29(21-35)30(22-36)20-28(27)14-8-26-11-17-32(18-12-26)38-24-34(4,5)6/h9-12,15-20H,23-24H2,1-6H3. The summed E-state index contributed by atoms with van der Waals surface area (Å²) in [6.45, 7) is 14.0. The van der Waals surface area contributed by atoms with Crippen LogP contribution >= 0.6 is 0 Å². The third kappa shape index (κ3) is 8.79.